The van der Waals surface area contributed by atoms with Crippen LogP contribution in [0.3, 0.4) is 0 Å². The van der Waals surface area contributed by atoms with E-state index in [2.05, 4.69) is 54.6 Å². The molecule has 1 saturated heterocycles. The van der Waals surface area contributed by atoms with Crippen molar-refractivity contribution < 1.29 is 9.53 Å². The quantitative estimate of drug-likeness (QED) is 0.582. The summed E-state index contributed by atoms with van der Waals surface area (Å²) < 4.78 is 6.48. The number of carbonyl (C=O) groups excluding carboxylic acids is 1. The molecule has 1 fully saturated rings. The molecule has 1 aromatic rings. The van der Waals surface area contributed by atoms with Gasteiger partial charge in [-0.1, -0.05) is 44.2 Å². The van der Waals surface area contributed by atoms with Gasteiger partial charge in [-0.25, -0.2) is 4.79 Å². The summed E-state index contributed by atoms with van der Waals surface area (Å²) in [6, 6.07) is 8.35. The van der Waals surface area contributed by atoms with Crippen molar-refractivity contribution in [2.75, 3.05) is 0 Å². The Morgan fingerprint density at radius 1 is 1.47 bits per heavy atom. The summed E-state index contributed by atoms with van der Waals surface area (Å²) in [5.41, 5.74) is 2.52. The average Bonchev–Trinajstić information content (AvgIpc) is 2.82. The highest BCUT2D eigenvalue weighted by Gasteiger charge is 2.48. The number of nitrogens with zero attached hydrogens (tertiary/aromatic N) is 1. The van der Waals surface area contributed by atoms with Gasteiger partial charge < -0.3 is 4.74 Å². The van der Waals surface area contributed by atoms with Gasteiger partial charge in [0, 0.05) is 6.42 Å². The number of rotatable bonds is 2. The van der Waals surface area contributed by atoms with E-state index in [1.165, 1.54) is 11.1 Å². The average molecular weight is 369 g/mol. The van der Waals surface area contributed by atoms with Crippen molar-refractivity contribution in [3.63, 3.8) is 0 Å². The van der Waals surface area contributed by atoms with Crippen LogP contribution in [0.2, 0.25) is 0 Å². The molecule has 0 saturated carbocycles. The van der Waals surface area contributed by atoms with E-state index >= 15 is 0 Å². The molecule has 0 spiro atoms. The minimum absolute atomic E-state index is 0.0322. The lowest BCUT2D eigenvalue weighted by atomic mass is 10.1. The molecule has 1 amide bonds. The number of ether oxygens (including phenoxy) is 1. The third-order valence-corrected chi connectivity index (χ3v) is 4.45. The van der Waals surface area contributed by atoms with Crippen LogP contribution in [-0.4, -0.2) is 17.1 Å². The van der Waals surface area contributed by atoms with E-state index in [1.54, 1.807) is 4.90 Å². The molecule has 2 atom stereocenters. The minimum Gasteiger partial charge on any atom is -0.443 e. The van der Waals surface area contributed by atoms with Gasteiger partial charge in [-0.05, 0) is 39.6 Å². The molecule has 1 aliphatic carbocycles. The summed E-state index contributed by atoms with van der Waals surface area (Å²) in [7, 11) is 0. The van der Waals surface area contributed by atoms with E-state index in [0.717, 1.165) is 10.1 Å². The SMILES string of the molecule is CC(C)/C=C(/I)N1C(=O)O[C@@H]2Cc3ccccc3[C@@H]21. The molecule has 3 nitrogen and oxygen atoms in total. The molecule has 1 heterocycles. The second-order valence-electron chi connectivity index (χ2n) is 5.37. The number of fused-ring (bicyclic) bond motifs is 3. The summed E-state index contributed by atoms with van der Waals surface area (Å²) >= 11 is 2.24. The van der Waals surface area contributed by atoms with E-state index in [4.69, 9.17) is 4.74 Å². The highest BCUT2D eigenvalue weighted by atomic mass is 127. The lowest BCUT2D eigenvalue weighted by Gasteiger charge is -2.21. The highest BCUT2D eigenvalue weighted by Crippen LogP contribution is 2.45. The highest BCUT2D eigenvalue weighted by molar-refractivity contribution is 14.1. The summed E-state index contributed by atoms with van der Waals surface area (Å²) in [6.07, 6.45) is 2.68. The molecule has 100 valence electrons. The van der Waals surface area contributed by atoms with Crippen molar-refractivity contribution >= 4 is 28.7 Å². The lowest BCUT2D eigenvalue weighted by molar-refractivity contribution is 0.134. The third kappa shape index (κ3) is 2.16. The molecule has 0 unspecified atom stereocenters. The fourth-order valence-corrected chi connectivity index (χ4v) is 4.04. The molecule has 2 aliphatic rings. The first-order chi connectivity index (χ1) is 9.08. The summed E-state index contributed by atoms with van der Waals surface area (Å²) in [5.74, 6) is 0.412. The maximum atomic E-state index is 12.1. The van der Waals surface area contributed by atoms with Gasteiger partial charge in [-0.2, -0.15) is 0 Å². The summed E-state index contributed by atoms with van der Waals surface area (Å²) in [5, 5.41) is 0. The Balaban J connectivity index is 2.00. The van der Waals surface area contributed by atoms with Gasteiger partial charge in [0.25, 0.3) is 0 Å². The number of allylic oxidation sites excluding steroid dienone is 1. The van der Waals surface area contributed by atoms with Crippen molar-refractivity contribution in [2.24, 2.45) is 5.92 Å². The van der Waals surface area contributed by atoms with Crippen LogP contribution in [0.1, 0.15) is 31.0 Å². The maximum Gasteiger partial charge on any atom is 0.415 e. The summed E-state index contributed by atoms with van der Waals surface area (Å²) in [6.45, 7) is 4.22. The van der Waals surface area contributed by atoms with E-state index in [-0.39, 0.29) is 18.2 Å². The molecule has 19 heavy (non-hydrogen) atoms. The normalized spacial score (nSPS) is 25.6. The van der Waals surface area contributed by atoms with E-state index in [9.17, 15) is 4.79 Å². The van der Waals surface area contributed by atoms with Gasteiger partial charge in [0.15, 0.2) is 0 Å². The number of hydrogen-bond donors (Lipinski definition) is 0. The molecular weight excluding hydrogens is 353 g/mol. The molecule has 3 rings (SSSR count). The Labute approximate surface area is 126 Å². The Morgan fingerprint density at radius 2 is 2.21 bits per heavy atom. The number of amides is 1. The van der Waals surface area contributed by atoms with Crippen molar-refractivity contribution in [1.29, 1.82) is 0 Å². The lowest BCUT2D eigenvalue weighted by Crippen LogP contribution is -2.25. The standard InChI is InChI=1S/C15H16INO2/c1-9(2)7-13(16)17-14-11-6-4-3-5-10(11)8-12(14)19-15(17)18/h3-7,9,12,14H,8H2,1-2H3/b13-7-/t12-,14+/m1/s1. The number of benzene rings is 1. The number of hydrogen-bond acceptors (Lipinski definition) is 2. The number of halogens is 1. The molecule has 0 radical (unpaired) electrons. The van der Waals surface area contributed by atoms with Crippen LogP contribution < -0.4 is 0 Å². The van der Waals surface area contributed by atoms with Crippen LogP contribution in [0.15, 0.2) is 34.0 Å². The van der Waals surface area contributed by atoms with Gasteiger partial charge in [-0.15, -0.1) is 0 Å². The zero-order valence-electron chi connectivity index (χ0n) is 11.0. The van der Waals surface area contributed by atoms with E-state index in [1.807, 2.05) is 12.1 Å². The fourth-order valence-electron chi connectivity index (χ4n) is 2.82. The second-order valence-corrected chi connectivity index (χ2v) is 6.48. The summed E-state index contributed by atoms with van der Waals surface area (Å²) in [4.78, 5) is 13.9. The zero-order chi connectivity index (χ0) is 13.6. The predicted molar refractivity (Wildman–Crippen MR) is 81.9 cm³/mol. The first-order valence-electron chi connectivity index (χ1n) is 6.53. The van der Waals surface area contributed by atoms with Gasteiger partial charge in [0.05, 0.1) is 3.70 Å². The van der Waals surface area contributed by atoms with Crippen molar-refractivity contribution in [1.82, 2.24) is 4.90 Å². The number of carbonyl (C=O) groups is 1. The fraction of sp³-hybridized carbons (Fsp3) is 0.400. The van der Waals surface area contributed by atoms with Crippen LogP contribution in [0.25, 0.3) is 0 Å². The first kappa shape index (κ1) is 13.0. The molecular formula is C15H16INO2. The third-order valence-electron chi connectivity index (χ3n) is 3.58. The van der Waals surface area contributed by atoms with Crippen molar-refractivity contribution in [3.8, 4) is 0 Å². The minimum atomic E-state index is -0.217. The smallest absolute Gasteiger partial charge is 0.415 e. The van der Waals surface area contributed by atoms with E-state index in [0.29, 0.717) is 5.92 Å². The zero-order valence-corrected chi connectivity index (χ0v) is 13.1. The van der Waals surface area contributed by atoms with E-state index < -0.39 is 0 Å². The molecule has 0 aromatic heterocycles. The first-order valence-corrected chi connectivity index (χ1v) is 7.60. The predicted octanol–water partition coefficient (Wildman–Crippen LogP) is 4.04. The van der Waals surface area contributed by atoms with Gasteiger partial charge in [-0.3, -0.25) is 4.90 Å². The Morgan fingerprint density at radius 3 is 2.95 bits per heavy atom. The Kier molecular flexibility index (Phi) is 3.28. The van der Waals surface area contributed by atoms with Gasteiger partial charge >= 0.3 is 6.09 Å². The Bertz CT molecular complexity index is 553. The topological polar surface area (TPSA) is 29.5 Å². The van der Waals surface area contributed by atoms with Gasteiger partial charge in [0.2, 0.25) is 0 Å². The Hall–Kier alpha value is -1.04. The van der Waals surface area contributed by atoms with Crippen molar-refractivity contribution in [2.45, 2.75) is 32.4 Å². The molecule has 1 aliphatic heterocycles. The van der Waals surface area contributed by atoms with Crippen LogP contribution in [-0.2, 0) is 11.2 Å². The van der Waals surface area contributed by atoms with Crippen LogP contribution in [0.4, 0.5) is 4.79 Å². The van der Waals surface area contributed by atoms with Crippen LogP contribution in [0.5, 0.6) is 0 Å². The molecule has 0 bridgehead atoms. The molecule has 4 heteroatoms. The van der Waals surface area contributed by atoms with Crippen LogP contribution in [0, 0.1) is 5.92 Å². The largest absolute Gasteiger partial charge is 0.443 e. The second kappa shape index (κ2) is 4.81. The molecule has 0 N–H and O–H groups in total. The van der Waals surface area contributed by atoms with Gasteiger partial charge in [0.1, 0.15) is 12.1 Å². The molecule has 1 aromatic carbocycles. The monoisotopic (exact) mass is 369 g/mol. The van der Waals surface area contributed by atoms with Crippen molar-refractivity contribution in [3.05, 3.63) is 45.2 Å². The van der Waals surface area contributed by atoms with Crippen LogP contribution >= 0.6 is 22.6 Å². The maximum absolute atomic E-state index is 12.1.